The summed E-state index contributed by atoms with van der Waals surface area (Å²) < 4.78 is 16.7. The number of cyclic esters (lactones) is 1. The number of ether oxygens (including phenoxy) is 3. The minimum absolute atomic E-state index is 0.149. The lowest BCUT2D eigenvalue weighted by molar-refractivity contribution is -0.169. The Morgan fingerprint density at radius 2 is 1.81 bits per heavy atom. The van der Waals surface area contributed by atoms with E-state index < -0.39 is 12.2 Å². The first-order valence-corrected chi connectivity index (χ1v) is 8.81. The Morgan fingerprint density at radius 1 is 1.15 bits per heavy atom. The van der Waals surface area contributed by atoms with E-state index in [0.29, 0.717) is 19.8 Å². The summed E-state index contributed by atoms with van der Waals surface area (Å²) in [5, 5.41) is 3.47. The first-order chi connectivity index (χ1) is 12.7. The highest BCUT2D eigenvalue weighted by Gasteiger charge is 2.40. The molecule has 1 atom stereocenters. The summed E-state index contributed by atoms with van der Waals surface area (Å²) in [5.41, 5.74) is 10.3. The van der Waals surface area contributed by atoms with Crippen molar-refractivity contribution < 1.29 is 19.0 Å². The molecule has 1 aromatic carbocycles. The van der Waals surface area contributed by atoms with Crippen molar-refractivity contribution in [1.29, 1.82) is 0 Å². The predicted octanol–water partition coefficient (Wildman–Crippen LogP) is 2.67. The quantitative estimate of drug-likeness (QED) is 0.467. The third kappa shape index (κ3) is 3.29. The predicted molar refractivity (Wildman–Crippen MR) is 94.2 cm³/mol. The van der Waals surface area contributed by atoms with Gasteiger partial charge in [0.2, 0.25) is 0 Å². The van der Waals surface area contributed by atoms with E-state index in [4.69, 9.17) is 19.7 Å². The van der Waals surface area contributed by atoms with Gasteiger partial charge in [-0.25, -0.2) is 4.79 Å². The summed E-state index contributed by atoms with van der Waals surface area (Å²) in [7, 11) is 0. The Morgan fingerprint density at radius 3 is 2.46 bits per heavy atom. The number of carbonyl (C=O) groups is 1. The van der Waals surface area contributed by atoms with Crippen molar-refractivity contribution in [2.45, 2.75) is 24.7 Å². The van der Waals surface area contributed by atoms with Crippen LogP contribution in [0.5, 0.6) is 0 Å². The molecule has 1 aromatic rings. The molecule has 3 aliphatic heterocycles. The van der Waals surface area contributed by atoms with E-state index in [-0.39, 0.29) is 12.3 Å². The van der Waals surface area contributed by atoms with E-state index in [2.05, 4.69) is 14.9 Å². The van der Waals surface area contributed by atoms with E-state index >= 15 is 0 Å². The molecule has 9 heteroatoms. The Balaban J connectivity index is 1.38. The third-order valence-electron chi connectivity index (χ3n) is 5.09. The van der Waals surface area contributed by atoms with Crippen LogP contribution in [0.15, 0.2) is 29.4 Å². The second-order valence-electron chi connectivity index (χ2n) is 6.64. The molecular formula is C17H21N5O4. The monoisotopic (exact) mass is 359 g/mol. The standard InChI is InChI=1S/C17H21N5O4/c18-20-19-11-15-12-22(16(23)26-15)14-3-1-13(2-4-14)21-7-5-17(6-8-21)24-9-10-25-17/h1-4,15H,5-12H2/t15-/m0/s1. The summed E-state index contributed by atoms with van der Waals surface area (Å²) in [6.07, 6.45) is 0.900. The molecule has 0 N–H and O–H groups in total. The fourth-order valence-corrected chi connectivity index (χ4v) is 3.69. The van der Waals surface area contributed by atoms with E-state index in [1.54, 1.807) is 4.90 Å². The molecule has 3 aliphatic rings. The van der Waals surface area contributed by atoms with Crippen LogP contribution in [0.4, 0.5) is 16.2 Å². The molecule has 0 bridgehead atoms. The first-order valence-electron chi connectivity index (χ1n) is 8.81. The van der Waals surface area contributed by atoms with Crippen LogP contribution in [-0.2, 0) is 14.2 Å². The lowest BCUT2D eigenvalue weighted by Crippen LogP contribution is -2.45. The summed E-state index contributed by atoms with van der Waals surface area (Å²) in [6, 6.07) is 7.86. The SMILES string of the molecule is [N-]=[N+]=NC[C@H]1CN(c2ccc(N3CCC4(CC3)OCCO4)cc2)C(=O)O1. The van der Waals surface area contributed by atoms with Gasteiger partial charge in [-0.15, -0.1) is 0 Å². The molecule has 9 nitrogen and oxygen atoms in total. The van der Waals surface area contributed by atoms with Gasteiger partial charge in [-0.2, -0.15) is 0 Å². The second-order valence-corrected chi connectivity index (χ2v) is 6.64. The van der Waals surface area contributed by atoms with Crippen molar-refractivity contribution in [3.63, 3.8) is 0 Å². The normalized spacial score (nSPS) is 24.6. The zero-order valence-electron chi connectivity index (χ0n) is 14.4. The van der Waals surface area contributed by atoms with Gasteiger partial charge in [-0.3, -0.25) is 4.90 Å². The van der Waals surface area contributed by atoms with Crippen molar-refractivity contribution in [1.82, 2.24) is 0 Å². The molecule has 0 saturated carbocycles. The van der Waals surface area contributed by atoms with Gasteiger partial charge in [0, 0.05) is 42.2 Å². The zero-order chi connectivity index (χ0) is 18.0. The number of hydrogen-bond donors (Lipinski definition) is 0. The van der Waals surface area contributed by atoms with Gasteiger partial charge >= 0.3 is 6.09 Å². The average Bonchev–Trinajstić information content (AvgIpc) is 3.28. The number of azide groups is 1. The van der Waals surface area contributed by atoms with Crippen LogP contribution in [0.3, 0.4) is 0 Å². The second kappa shape index (κ2) is 7.03. The first kappa shape index (κ1) is 17.0. The molecule has 4 rings (SSSR count). The number of piperidine rings is 1. The molecular weight excluding hydrogens is 338 g/mol. The van der Waals surface area contributed by atoms with Gasteiger partial charge in [-0.05, 0) is 29.8 Å². The number of nitrogens with zero attached hydrogens (tertiary/aromatic N) is 5. The molecule has 1 spiro atoms. The van der Waals surface area contributed by atoms with Crippen LogP contribution < -0.4 is 9.80 Å². The number of anilines is 2. The molecule has 3 fully saturated rings. The summed E-state index contributed by atoms with van der Waals surface area (Å²) in [4.78, 5) is 18.6. The highest BCUT2D eigenvalue weighted by atomic mass is 16.7. The summed E-state index contributed by atoms with van der Waals surface area (Å²) in [5.74, 6) is -0.378. The highest BCUT2D eigenvalue weighted by molar-refractivity contribution is 5.90. The molecule has 3 saturated heterocycles. The van der Waals surface area contributed by atoms with Crippen molar-refractivity contribution in [2.75, 3.05) is 49.2 Å². The van der Waals surface area contributed by atoms with Crippen LogP contribution >= 0.6 is 0 Å². The van der Waals surface area contributed by atoms with Crippen molar-refractivity contribution in [3.05, 3.63) is 34.7 Å². The molecule has 26 heavy (non-hydrogen) atoms. The van der Waals surface area contributed by atoms with E-state index in [1.165, 1.54) is 0 Å². The fourth-order valence-electron chi connectivity index (χ4n) is 3.69. The lowest BCUT2D eigenvalue weighted by atomic mass is 10.0. The molecule has 3 heterocycles. The molecule has 138 valence electrons. The maximum atomic E-state index is 12.0. The van der Waals surface area contributed by atoms with Crippen LogP contribution in [0.25, 0.3) is 10.4 Å². The van der Waals surface area contributed by atoms with Crippen LogP contribution in [0, 0.1) is 0 Å². The van der Waals surface area contributed by atoms with Crippen molar-refractivity contribution >= 4 is 17.5 Å². The Bertz CT molecular complexity index is 702. The van der Waals surface area contributed by atoms with Gasteiger partial charge < -0.3 is 19.1 Å². The number of benzene rings is 1. The fraction of sp³-hybridized carbons (Fsp3) is 0.588. The molecule has 1 amide bonds. The third-order valence-corrected chi connectivity index (χ3v) is 5.09. The number of rotatable bonds is 4. The van der Waals surface area contributed by atoms with Gasteiger partial charge in [0.05, 0.1) is 26.3 Å². The van der Waals surface area contributed by atoms with E-state index in [9.17, 15) is 4.79 Å². The lowest BCUT2D eigenvalue weighted by Gasteiger charge is -2.38. The maximum absolute atomic E-state index is 12.0. The average molecular weight is 359 g/mol. The van der Waals surface area contributed by atoms with Crippen LogP contribution in [-0.4, -0.2) is 57.4 Å². The van der Waals surface area contributed by atoms with Crippen LogP contribution in [0.1, 0.15) is 12.8 Å². The minimum atomic E-state index is -0.411. The molecule has 0 radical (unpaired) electrons. The van der Waals surface area contributed by atoms with Crippen molar-refractivity contribution in [3.8, 4) is 0 Å². The van der Waals surface area contributed by atoms with Crippen LogP contribution in [0.2, 0.25) is 0 Å². The molecule has 0 aromatic heterocycles. The van der Waals surface area contributed by atoms with E-state index in [0.717, 1.165) is 37.3 Å². The van der Waals surface area contributed by atoms with Gasteiger partial charge in [0.15, 0.2) is 5.79 Å². The largest absolute Gasteiger partial charge is 0.444 e. The van der Waals surface area contributed by atoms with Crippen molar-refractivity contribution in [2.24, 2.45) is 5.11 Å². The Kier molecular flexibility index (Phi) is 4.58. The molecule has 0 unspecified atom stereocenters. The topological polar surface area (TPSA) is 100 Å². The highest BCUT2D eigenvalue weighted by Crippen LogP contribution is 2.34. The Hall–Kier alpha value is -2.48. The zero-order valence-corrected chi connectivity index (χ0v) is 14.4. The Labute approximate surface area is 151 Å². The maximum Gasteiger partial charge on any atom is 0.414 e. The summed E-state index contributed by atoms with van der Waals surface area (Å²) in [6.45, 7) is 3.65. The van der Waals surface area contributed by atoms with Gasteiger partial charge in [-0.1, -0.05) is 5.11 Å². The molecule has 0 aliphatic carbocycles. The van der Waals surface area contributed by atoms with Gasteiger partial charge in [0.25, 0.3) is 0 Å². The minimum Gasteiger partial charge on any atom is -0.444 e. The smallest absolute Gasteiger partial charge is 0.414 e. The summed E-state index contributed by atoms with van der Waals surface area (Å²) >= 11 is 0. The number of hydrogen-bond acceptors (Lipinski definition) is 6. The number of amides is 1. The number of carbonyl (C=O) groups excluding carboxylic acids is 1. The van der Waals surface area contributed by atoms with E-state index in [1.807, 2.05) is 24.3 Å². The van der Waals surface area contributed by atoms with Gasteiger partial charge in [0.1, 0.15) is 6.10 Å².